The Morgan fingerprint density at radius 2 is 1.42 bits per heavy atom. The molecule has 0 amide bonds. The summed E-state index contributed by atoms with van der Waals surface area (Å²) in [5.74, 6) is -10.6. The molecule has 0 spiro atoms. The first-order valence-corrected chi connectivity index (χ1v) is 5.06. The normalized spacial score (nSPS) is 10.6. The minimum atomic E-state index is -2.23. The molecular formula is C10H3ClF5N3. The van der Waals surface area contributed by atoms with Gasteiger partial charge in [-0.3, -0.25) is 0 Å². The summed E-state index contributed by atoms with van der Waals surface area (Å²) in [5.41, 5.74) is -1.22. The summed E-state index contributed by atoms with van der Waals surface area (Å²) in [7, 11) is 0. The van der Waals surface area contributed by atoms with Crippen LogP contribution in [0.5, 0.6) is 0 Å². The molecular weight excluding hydrogens is 293 g/mol. The standard InChI is InChI=1S/C10H3ClF5N3/c11-10-17-2-1-3(19-10)18-9-7(15)5(13)4(12)6(14)8(9)16/h1-2H,(H,17,18,19). The van der Waals surface area contributed by atoms with Crippen LogP contribution in [0.1, 0.15) is 0 Å². The fourth-order valence-electron chi connectivity index (χ4n) is 1.25. The second-order valence-electron chi connectivity index (χ2n) is 3.28. The molecule has 0 saturated heterocycles. The van der Waals surface area contributed by atoms with Gasteiger partial charge in [0.25, 0.3) is 0 Å². The highest BCUT2D eigenvalue weighted by atomic mass is 35.5. The highest BCUT2D eigenvalue weighted by molar-refractivity contribution is 6.28. The van der Waals surface area contributed by atoms with Gasteiger partial charge in [0.05, 0.1) is 0 Å². The summed E-state index contributed by atoms with van der Waals surface area (Å²) in [6.45, 7) is 0. The summed E-state index contributed by atoms with van der Waals surface area (Å²) in [6.07, 6.45) is 1.14. The molecule has 2 rings (SSSR count). The first-order chi connectivity index (χ1) is 8.91. The zero-order valence-corrected chi connectivity index (χ0v) is 9.57. The van der Waals surface area contributed by atoms with Crippen molar-refractivity contribution in [1.29, 1.82) is 0 Å². The minimum absolute atomic E-state index is 0.219. The van der Waals surface area contributed by atoms with Crippen molar-refractivity contribution < 1.29 is 22.0 Å². The Balaban J connectivity index is 2.52. The van der Waals surface area contributed by atoms with Crippen LogP contribution in [0.4, 0.5) is 33.5 Å². The van der Waals surface area contributed by atoms with Gasteiger partial charge in [-0.25, -0.2) is 31.9 Å². The topological polar surface area (TPSA) is 37.8 Å². The summed E-state index contributed by atoms with van der Waals surface area (Å²) >= 11 is 5.42. The molecule has 19 heavy (non-hydrogen) atoms. The molecule has 0 bridgehead atoms. The van der Waals surface area contributed by atoms with Gasteiger partial charge in [0.1, 0.15) is 11.5 Å². The smallest absolute Gasteiger partial charge is 0.224 e. The van der Waals surface area contributed by atoms with E-state index in [1.54, 1.807) is 0 Å². The van der Waals surface area contributed by atoms with E-state index in [-0.39, 0.29) is 11.1 Å². The summed E-state index contributed by atoms with van der Waals surface area (Å²) < 4.78 is 65.3. The number of hydrogen-bond donors (Lipinski definition) is 1. The number of aromatic nitrogens is 2. The number of nitrogens with zero attached hydrogens (tertiary/aromatic N) is 2. The Morgan fingerprint density at radius 1 is 0.895 bits per heavy atom. The zero-order chi connectivity index (χ0) is 14.2. The van der Waals surface area contributed by atoms with E-state index >= 15 is 0 Å². The van der Waals surface area contributed by atoms with Crippen LogP contribution < -0.4 is 5.32 Å². The Labute approximate surface area is 108 Å². The van der Waals surface area contributed by atoms with Crippen LogP contribution in [0.3, 0.4) is 0 Å². The molecule has 0 atom stereocenters. The molecule has 0 saturated carbocycles. The molecule has 0 aliphatic carbocycles. The second-order valence-corrected chi connectivity index (χ2v) is 3.62. The van der Waals surface area contributed by atoms with Crippen LogP contribution in [0.25, 0.3) is 0 Å². The van der Waals surface area contributed by atoms with Crippen LogP contribution >= 0.6 is 11.6 Å². The second kappa shape index (κ2) is 4.96. The lowest BCUT2D eigenvalue weighted by Crippen LogP contribution is -2.07. The Bertz CT molecular complexity index is 620. The van der Waals surface area contributed by atoms with Crippen molar-refractivity contribution in [1.82, 2.24) is 9.97 Å². The Hall–Kier alpha value is -1.96. The largest absolute Gasteiger partial charge is 0.335 e. The first kappa shape index (κ1) is 13.5. The molecule has 100 valence electrons. The fraction of sp³-hybridized carbons (Fsp3) is 0. The van der Waals surface area contributed by atoms with Crippen molar-refractivity contribution >= 4 is 23.1 Å². The van der Waals surface area contributed by atoms with Crippen molar-refractivity contribution in [3.05, 3.63) is 46.6 Å². The van der Waals surface area contributed by atoms with E-state index in [2.05, 4.69) is 9.97 Å². The third-order valence-corrected chi connectivity index (χ3v) is 2.27. The molecule has 9 heteroatoms. The van der Waals surface area contributed by atoms with Crippen molar-refractivity contribution in [3.8, 4) is 0 Å². The maximum atomic E-state index is 13.3. The zero-order valence-electron chi connectivity index (χ0n) is 8.82. The summed E-state index contributed by atoms with van der Waals surface area (Å²) in [4.78, 5) is 7.00. The van der Waals surface area contributed by atoms with Crippen LogP contribution in [-0.4, -0.2) is 9.97 Å². The van der Waals surface area contributed by atoms with Gasteiger partial charge in [0, 0.05) is 6.20 Å². The predicted octanol–water partition coefficient (Wildman–Crippen LogP) is 3.57. The van der Waals surface area contributed by atoms with Crippen LogP contribution in [0, 0.1) is 29.1 Å². The monoisotopic (exact) mass is 295 g/mol. The van der Waals surface area contributed by atoms with Gasteiger partial charge in [0.2, 0.25) is 11.1 Å². The molecule has 1 aromatic heterocycles. The molecule has 0 aliphatic heterocycles. The first-order valence-electron chi connectivity index (χ1n) is 4.68. The van der Waals surface area contributed by atoms with Crippen molar-refractivity contribution in [2.75, 3.05) is 5.32 Å². The molecule has 1 N–H and O–H groups in total. The van der Waals surface area contributed by atoms with Crippen LogP contribution in [0.2, 0.25) is 5.28 Å². The SMILES string of the molecule is Fc1c(F)c(F)c(Nc2ccnc(Cl)n2)c(F)c1F. The van der Waals surface area contributed by atoms with Gasteiger partial charge >= 0.3 is 0 Å². The lowest BCUT2D eigenvalue weighted by atomic mass is 10.2. The average molecular weight is 296 g/mol. The minimum Gasteiger partial charge on any atom is -0.335 e. The van der Waals surface area contributed by atoms with Crippen molar-refractivity contribution in [2.24, 2.45) is 0 Å². The quantitative estimate of drug-likeness (QED) is 0.398. The summed E-state index contributed by atoms with van der Waals surface area (Å²) in [5, 5.41) is 1.70. The maximum Gasteiger partial charge on any atom is 0.224 e. The van der Waals surface area contributed by atoms with Gasteiger partial charge in [-0.1, -0.05) is 0 Å². The third kappa shape index (κ3) is 2.43. The average Bonchev–Trinajstić information content (AvgIpc) is 2.39. The number of anilines is 2. The van der Waals surface area contributed by atoms with E-state index in [1.807, 2.05) is 5.32 Å². The molecule has 0 aliphatic rings. The number of hydrogen-bond acceptors (Lipinski definition) is 3. The number of rotatable bonds is 2. The van der Waals surface area contributed by atoms with E-state index in [0.717, 1.165) is 12.3 Å². The van der Waals surface area contributed by atoms with E-state index in [0.29, 0.717) is 0 Å². The van der Waals surface area contributed by atoms with Crippen LogP contribution in [0.15, 0.2) is 12.3 Å². The molecule has 2 aromatic rings. The molecule has 0 fully saturated rings. The molecule has 3 nitrogen and oxygen atoms in total. The van der Waals surface area contributed by atoms with Gasteiger partial charge < -0.3 is 5.32 Å². The van der Waals surface area contributed by atoms with E-state index in [1.165, 1.54) is 0 Å². The van der Waals surface area contributed by atoms with E-state index < -0.39 is 34.8 Å². The van der Waals surface area contributed by atoms with Crippen molar-refractivity contribution in [2.45, 2.75) is 0 Å². The van der Waals surface area contributed by atoms with Gasteiger partial charge in [-0.05, 0) is 17.7 Å². The predicted molar refractivity (Wildman–Crippen MR) is 56.6 cm³/mol. The van der Waals surface area contributed by atoms with Crippen molar-refractivity contribution in [3.63, 3.8) is 0 Å². The molecule has 0 unspecified atom stereocenters. The van der Waals surface area contributed by atoms with Crippen LogP contribution in [-0.2, 0) is 0 Å². The number of benzene rings is 1. The highest BCUT2D eigenvalue weighted by Gasteiger charge is 2.26. The fourth-order valence-corrected chi connectivity index (χ4v) is 1.39. The van der Waals surface area contributed by atoms with Gasteiger partial charge in [-0.15, -0.1) is 0 Å². The molecule has 1 aromatic carbocycles. The van der Waals surface area contributed by atoms with Gasteiger partial charge in [-0.2, -0.15) is 0 Å². The van der Waals surface area contributed by atoms with E-state index in [9.17, 15) is 22.0 Å². The summed E-state index contributed by atoms with van der Waals surface area (Å²) in [6, 6.07) is 1.14. The van der Waals surface area contributed by atoms with E-state index in [4.69, 9.17) is 11.6 Å². The highest BCUT2D eigenvalue weighted by Crippen LogP contribution is 2.29. The third-order valence-electron chi connectivity index (χ3n) is 2.09. The molecule has 1 heterocycles. The number of nitrogens with one attached hydrogen (secondary N) is 1. The lowest BCUT2D eigenvalue weighted by Gasteiger charge is -2.09. The Kier molecular flexibility index (Phi) is 3.52. The molecule has 0 radical (unpaired) electrons. The van der Waals surface area contributed by atoms with Gasteiger partial charge in [0.15, 0.2) is 23.3 Å². The number of halogens is 6. The maximum absolute atomic E-state index is 13.3. The lowest BCUT2D eigenvalue weighted by molar-refractivity contribution is 0.382. The Morgan fingerprint density at radius 3 is 1.95 bits per heavy atom.